The predicted molar refractivity (Wildman–Crippen MR) is 99.6 cm³/mol. The lowest BCUT2D eigenvalue weighted by molar-refractivity contribution is -0.193. The highest BCUT2D eigenvalue weighted by Gasteiger charge is 2.48. The summed E-state index contributed by atoms with van der Waals surface area (Å²) in [4.78, 5) is 25.7. The van der Waals surface area contributed by atoms with Crippen molar-refractivity contribution >= 4 is 17.9 Å². The molecule has 0 aromatic carbocycles. The molecule has 3 rings (SSSR count). The summed E-state index contributed by atoms with van der Waals surface area (Å²) in [5, 5.41) is 17.4. The van der Waals surface area contributed by atoms with Gasteiger partial charge in [-0.05, 0) is 32.3 Å². The van der Waals surface area contributed by atoms with Gasteiger partial charge in [0.2, 0.25) is 11.8 Å². The van der Waals surface area contributed by atoms with E-state index in [1.807, 2.05) is 18.1 Å². The van der Waals surface area contributed by atoms with E-state index in [9.17, 15) is 14.7 Å². The Bertz CT molecular complexity index is 732. The summed E-state index contributed by atoms with van der Waals surface area (Å²) in [6.07, 6.45) is 8.81. The number of aliphatic hydroxyl groups is 1. The van der Waals surface area contributed by atoms with Gasteiger partial charge in [-0.2, -0.15) is 5.10 Å². The summed E-state index contributed by atoms with van der Waals surface area (Å²) >= 11 is 0. The Morgan fingerprint density at radius 3 is 2.70 bits per heavy atom. The largest absolute Gasteiger partial charge is 0.386 e. The number of ether oxygens (including phenoxy) is 1. The number of likely N-dealkylation sites (tertiary alicyclic amines) is 1. The number of rotatable bonds is 3. The van der Waals surface area contributed by atoms with Gasteiger partial charge in [-0.1, -0.05) is 0 Å². The maximum absolute atomic E-state index is 12.4. The van der Waals surface area contributed by atoms with E-state index in [-0.39, 0.29) is 24.5 Å². The van der Waals surface area contributed by atoms with Gasteiger partial charge in [-0.25, -0.2) is 0 Å². The number of aromatic nitrogens is 2. The van der Waals surface area contributed by atoms with Crippen molar-refractivity contribution in [3.05, 3.63) is 24.0 Å². The third kappa shape index (κ3) is 4.56. The van der Waals surface area contributed by atoms with E-state index < -0.39 is 11.2 Å². The lowest BCUT2D eigenvalue weighted by atomic mass is 9.77. The highest BCUT2D eigenvalue weighted by molar-refractivity contribution is 5.91. The van der Waals surface area contributed by atoms with Crippen molar-refractivity contribution in [3.8, 4) is 0 Å². The standard InChI is InChI=1S/C19H28N4O4/c1-14(24)21-16-10-19(27-13-18(16,2)26)6-8-23(9-7-19)17(25)5-4-15-11-20-22(3)12-15/h4-5,11-12,16,26H,6-10,13H2,1-3H3,(H,21,24)/t16-,18-/m0/s1. The van der Waals surface area contributed by atoms with Gasteiger partial charge >= 0.3 is 0 Å². The molecule has 8 heteroatoms. The summed E-state index contributed by atoms with van der Waals surface area (Å²) in [6.45, 7) is 4.49. The van der Waals surface area contributed by atoms with Gasteiger partial charge < -0.3 is 20.1 Å². The molecule has 2 amide bonds. The summed E-state index contributed by atoms with van der Waals surface area (Å²) < 4.78 is 7.72. The number of carbonyl (C=O) groups excluding carboxylic acids is 2. The van der Waals surface area contributed by atoms with Crippen LogP contribution in [0.25, 0.3) is 6.08 Å². The van der Waals surface area contributed by atoms with Gasteiger partial charge in [-0.3, -0.25) is 14.3 Å². The van der Waals surface area contributed by atoms with Crippen molar-refractivity contribution in [3.63, 3.8) is 0 Å². The minimum Gasteiger partial charge on any atom is -0.386 e. The number of carbonyl (C=O) groups is 2. The van der Waals surface area contributed by atoms with Crippen LogP contribution >= 0.6 is 0 Å². The van der Waals surface area contributed by atoms with Gasteiger partial charge in [0.25, 0.3) is 0 Å². The minimum atomic E-state index is -1.09. The number of nitrogens with one attached hydrogen (secondary N) is 1. The third-order valence-corrected chi connectivity index (χ3v) is 5.50. The molecule has 2 atom stereocenters. The molecule has 0 saturated carbocycles. The predicted octanol–water partition coefficient (Wildman–Crippen LogP) is 0.471. The van der Waals surface area contributed by atoms with Crippen molar-refractivity contribution in [1.82, 2.24) is 20.0 Å². The maximum atomic E-state index is 12.4. The molecule has 1 aromatic heterocycles. The zero-order chi connectivity index (χ0) is 19.7. The van der Waals surface area contributed by atoms with Crippen LogP contribution in [0.3, 0.4) is 0 Å². The second kappa shape index (κ2) is 7.44. The normalized spacial score (nSPS) is 27.9. The molecular weight excluding hydrogens is 348 g/mol. The molecule has 0 aliphatic carbocycles. The van der Waals surface area contributed by atoms with Gasteiger partial charge in [0, 0.05) is 44.9 Å². The molecule has 2 aliphatic heterocycles. The molecule has 27 heavy (non-hydrogen) atoms. The molecule has 2 aliphatic rings. The van der Waals surface area contributed by atoms with E-state index in [1.165, 1.54) is 6.92 Å². The fourth-order valence-electron chi connectivity index (χ4n) is 3.78. The van der Waals surface area contributed by atoms with E-state index >= 15 is 0 Å². The van der Waals surface area contributed by atoms with Crippen LogP contribution < -0.4 is 5.32 Å². The molecule has 2 fully saturated rings. The number of amides is 2. The summed E-state index contributed by atoms with van der Waals surface area (Å²) in [7, 11) is 1.83. The van der Waals surface area contributed by atoms with E-state index in [2.05, 4.69) is 10.4 Å². The van der Waals surface area contributed by atoms with Crippen LogP contribution in [0, 0.1) is 0 Å². The molecule has 0 unspecified atom stereocenters. The van der Waals surface area contributed by atoms with Gasteiger partial charge in [0.15, 0.2) is 0 Å². The zero-order valence-electron chi connectivity index (χ0n) is 16.1. The Kier molecular flexibility index (Phi) is 5.39. The van der Waals surface area contributed by atoms with Crippen molar-refractivity contribution in [2.45, 2.75) is 50.4 Å². The number of aryl methyl sites for hydroxylation is 1. The number of hydrogen-bond donors (Lipinski definition) is 2. The van der Waals surface area contributed by atoms with Gasteiger partial charge in [0.05, 0.1) is 24.4 Å². The lowest BCUT2D eigenvalue weighted by Crippen LogP contribution is -2.63. The average Bonchev–Trinajstić information content (AvgIpc) is 3.02. The van der Waals surface area contributed by atoms with Crippen LogP contribution in [0.4, 0.5) is 0 Å². The molecule has 3 heterocycles. The summed E-state index contributed by atoms with van der Waals surface area (Å²) in [5.74, 6) is -0.194. The summed E-state index contributed by atoms with van der Waals surface area (Å²) in [6, 6.07) is -0.350. The third-order valence-electron chi connectivity index (χ3n) is 5.50. The molecule has 2 saturated heterocycles. The zero-order valence-corrected chi connectivity index (χ0v) is 16.1. The number of piperidine rings is 1. The molecule has 0 radical (unpaired) electrons. The number of hydrogen-bond acceptors (Lipinski definition) is 5. The first-order valence-electron chi connectivity index (χ1n) is 9.28. The first-order chi connectivity index (χ1) is 12.7. The molecule has 0 bridgehead atoms. The van der Waals surface area contributed by atoms with E-state index in [1.54, 1.807) is 30.0 Å². The Morgan fingerprint density at radius 2 is 2.11 bits per heavy atom. The molecule has 1 aromatic rings. The first kappa shape index (κ1) is 19.6. The van der Waals surface area contributed by atoms with Crippen molar-refractivity contribution in [2.24, 2.45) is 7.05 Å². The molecule has 2 N–H and O–H groups in total. The van der Waals surface area contributed by atoms with Gasteiger partial charge in [-0.15, -0.1) is 0 Å². The van der Waals surface area contributed by atoms with Crippen LogP contribution in [0.5, 0.6) is 0 Å². The summed E-state index contributed by atoms with van der Waals surface area (Å²) in [5.41, 5.74) is -0.606. The fourth-order valence-corrected chi connectivity index (χ4v) is 3.78. The Hall–Kier alpha value is -2.19. The Labute approximate surface area is 159 Å². The molecule has 8 nitrogen and oxygen atoms in total. The SMILES string of the molecule is CC(=O)N[C@H]1CC2(CCN(C(=O)C=Cc3cnn(C)c3)CC2)OC[C@]1(C)O. The topological polar surface area (TPSA) is 96.7 Å². The fraction of sp³-hybridized carbons (Fsp3) is 0.632. The van der Waals surface area contributed by atoms with Crippen LogP contribution in [0.2, 0.25) is 0 Å². The van der Waals surface area contributed by atoms with E-state index in [4.69, 9.17) is 4.74 Å². The Balaban J connectivity index is 1.58. The molecule has 148 valence electrons. The monoisotopic (exact) mass is 376 g/mol. The van der Waals surface area contributed by atoms with E-state index in [0.29, 0.717) is 32.4 Å². The number of nitrogens with zero attached hydrogens (tertiary/aromatic N) is 3. The molecular formula is C19H28N4O4. The van der Waals surface area contributed by atoms with Crippen molar-refractivity contribution in [2.75, 3.05) is 19.7 Å². The Morgan fingerprint density at radius 1 is 1.41 bits per heavy atom. The van der Waals surface area contributed by atoms with Crippen molar-refractivity contribution in [1.29, 1.82) is 0 Å². The quantitative estimate of drug-likeness (QED) is 0.748. The van der Waals surface area contributed by atoms with Crippen LogP contribution in [-0.2, 0) is 21.4 Å². The second-order valence-corrected chi connectivity index (χ2v) is 7.89. The van der Waals surface area contributed by atoms with Crippen LogP contribution in [0.15, 0.2) is 18.5 Å². The molecule has 1 spiro atoms. The second-order valence-electron chi connectivity index (χ2n) is 7.89. The minimum absolute atomic E-state index is 0.0325. The highest BCUT2D eigenvalue weighted by atomic mass is 16.5. The average molecular weight is 376 g/mol. The van der Waals surface area contributed by atoms with E-state index in [0.717, 1.165) is 5.56 Å². The van der Waals surface area contributed by atoms with Crippen LogP contribution in [-0.4, -0.2) is 68.5 Å². The van der Waals surface area contributed by atoms with Crippen LogP contribution in [0.1, 0.15) is 38.7 Å². The lowest BCUT2D eigenvalue weighted by Gasteiger charge is -2.50. The van der Waals surface area contributed by atoms with Crippen molar-refractivity contribution < 1.29 is 19.4 Å². The van der Waals surface area contributed by atoms with Gasteiger partial charge in [0.1, 0.15) is 5.60 Å². The smallest absolute Gasteiger partial charge is 0.246 e. The highest BCUT2D eigenvalue weighted by Crippen LogP contribution is 2.38. The maximum Gasteiger partial charge on any atom is 0.246 e. The first-order valence-corrected chi connectivity index (χ1v) is 9.28.